The molecule has 0 fully saturated rings. The first kappa shape index (κ1) is 36.1. The maximum Gasteiger partial charge on any atom is 0.219 e. The second kappa shape index (κ2) is 25.4. The Labute approximate surface area is 220 Å². The van der Waals surface area contributed by atoms with Gasteiger partial charge in [0.2, 0.25) is 5.91 Å². The Balaban J connectivity index is 4.05. The lowest BCUT2D eigenvalue weighted by atomic mass is 10.1. The Morgan fingerprint density at radius 3 is 1.89 bits per heavy atom. The van der Waals surface area contributed by atoms with Gasteiger partial charge in [0.05, 0.1) is 39.6 Å². The molecule has 0 aliphatic rings. The molecule has 12 heteroatoms. The maximum atomic E-state index is 11.9. The monoisotopic (exact) mass is 541 g/mol. The van der Waals surface area contributed by atoms with Gasteiger partial charge >= 0.3 is 0 Å². The molecule has 0 bridgehead atoms. The van der Waals surface area contributed by atoms with Crippen molar-refractivity contribution in [1.82, 2.24) is 5.32 Å². The van der Waals surface area contributed by atoms with E-state index in [1.807, 2.05) is 0 Å². The number of carbonyl (C=O) groups excluding carboxylic acids is 1. The summed E-state index contributed by atoms with van der Waals surface area (Å²) >= 11 is 0. The molecule has 0 rings (SSSR count). The summed E-state index contributed by atoms with van der Waals surface area (Å²) < 4.78 is 21.4. The topological polar surface area (TPSA) is 187 Å². The van der Waals surface area contributed by atoms with E-state index in [4.69, 9.17) is 24.1 Å². The van der Waals surface area contributed by atoms with E-state index < -0.39 is 63.7 Å². The number of aliphatic hydroxyl groups is 6. The number of amides is 1. The molecule has 0 heterocycles. The number of carbonyl (C=O) groups is 1. The van der Waals surface area contributed by atoms with Gasteiger partial charge in [-0.3, -0.25) is 4.79 Å². The average Bonchev–Trinajstić information content (AvgIpc) is 2.92. The molecule has 12 nitrogen and oxygen atoms in total. The summed E-state index contributed by atoms with van der Waals surface area (Å²) in [6, 6.07) is 0. The Hall–Kier alpha value is -0.930. The van der Waals surface area contributed by atoms with Crippen LogP contribution in [0.5, 0.6) is 0 Å². The number of hydrogen-bond donors (Lipinski definition) is 7. The number of hydrogen-bond acceptors (Lipinski definition) is 11. The summed E-state index contributed by atoms with van der Waals surface area (Å²) in [5.41, 5.74) is 0. The van der Waals surface area contributed by atoms with Crippen molar-refractivity contribution in [2.24, 2.45) is 0 Å². The Morgan fingerprint density at radius 1 is 0.730 bits per heavy atom. The van der Waals surface area contributed by atoms with Crippen LogP contribution in [-0.4, -0.2) is 120 Å². The maximum absolute atomic E-state index is 11.9. The van der Waals surface area contributed by atoms with Crippen molar-refractivity contribution in [3.05, 3.63) is 0 Å². The average molecular weight is 542 g/mol. The molecule has 1 amide bonds. The van der Waals surface area contributed by atoms with E-state index in [9.17, 15) is 30.3 Å². The predicted molar refractivity (Wildman–Crippen MR) is 136 cm³/mol. The molecule has 5 atom stereocenters. The lowest BCUT2D eigenvalue weighted by Gasteiger charge is -2.30. The zero-order chi connectivity index (χ0) is 27.7. The van der Waals surface area contributed by atoms with Crippen molar-refractivity contribution in [1.29, 1.82) is 0 Å². The third kappa shape index (κ3) is 18.9. The fourth-order valence-electron chi connectivity index (χ4n) is 3.51. The van der Waals surface area contributed by atoms with Gasteiger partial charge in [-0.2, -0.15) is 0 Å². The molecule has 222 valence electrons. The van der Waals surface area contributed by atoms with E-state index in [0.717, 1.165) is 12.8 Å². The van der Waals surface area contributed by atoms with E-state index in [1.165, 1.54) is 38.5 Å². The van der Waals surface area contributed by atoms with Crippen molar-refractivity contribution in [2.45, 2.75) is 102 Å². The van der Waals surface area contributed by atoms with E-state index in [1.54, 1.807) is 0 Å². The van der Waals surface area contributed by atoms with Crippen LogP contribution in [0.25, 0.3) is 0 Å². The second-order valence-electron chi connectivity index (χ2n) is 8.92. The molecule has 0 aliphatic heterocycles. The van der Waals surface area contributed by atoms with Crippen LogP contribution >= 0.6 is 0 Å². The van der Waals surface area contributed by atoms with Gasteiger partial charge in [0, 0.05) is 13.0 Å². The lowest BCUT2D eigenvalue weighted by molar-refractivity contribution is -0.260. The van der Waals surface area contributed by atoms with Gasteiger partial charge in [-0.25, -0.2) is 0 Å². The van der Waals surface area contributed by atoms with Crippen molar-refractivity contribution in [2.75, 3.05) is 53.0 Å². The highest BCUT2D eigenvalue weighted by molar-refractivity contribution is 5.75. The molecule has 0 radical (unpaired) electrons. The number of aliphatic hydroxyl groups excluding tert-OH is 6. The second-order valence-corrected chi connectivity index (χ2v) is 8.92. The highest BCUT2D eigenvalue weighted by Crippen LogP contribution is 2.12. The van der Waals surface area contributed by atoms with E-state index in [-0.39, 0.29) is 12.7 Å². The minimum Gasteiger partial charge on any atom is -0.394 e. The normalized spacial score (nSPS) is 15.8. The number of ether oxygens (including phenoxy) is 4. The number of nitrogens with one attached hydrogen (secondary N) is 1. The van der Waals surface area contributed by atoms with E-state index >= 15 is 0 Å². The smallest absolute Gasteiger partial charge is 0.219 e. The Morgan fingerprint density at radius 2 is 1.32 bits per heavy atom. The molecule has 0 saturated heterocycles. The standard InChI is InChI=1S/C25H51NO11/c1-2-3-4-5-6-7-8-9-11-24(33)26-12-10-13-34-19-35-22(16-29)23(17-30)37-25(18-31)36-21(15-28)20(32)14-27/h20-23,25,27-32H,2-19H2,1H3,(H,26,33)/t20-,21?,22?,23-,25?/m1/s1. The van der Waals surface area contributed by atoms with Crippen molar-refractivity contribution < 1.29 is 54.4 Å². The van der Waals surface area contributed by atoms with E-state index in [0.29, 0.717) is 26.0 Å². The minimum atomic E-state index is -1.40. The highest BCUT2D eigenvalue weighted by Gasteiger charge is 2.29. The molecule has 3 unspecified atom stereocenters. The molecule has 0 aromatic rings. The third-order valence-corrected chi connectivity index (χ3v) is 5.78. The van der Waals surface area contributed by atoms with Gasteiger partial charge in [-0.05, 0) is 12.8 Å². The van der Waals surface area contributed by atoms with Crippen LogP contribution in [0, 0.1) is 0 Å². The van der Waals surface area contributed by atoms with Crippen LogP contribution < -0.4 is 5.32 Å². The summed E-state index contributed by atoms with van der Waals surface area (Å²) in [5.74, 6) is 0.0288. The molecular formula is C25H51NO11. The molecule has 0 saturated carbocycles. The quantitative estimate of drug-likeness (QED) is 0.0539. The van der Waals surface area contributed by atoms with Gasteiger partial charge in [0.25, 0.3) is 0 Å². The minimum absolute atomic E-state index is 0.0288. The Bertz CT molecular complexity index is 515. The summed E-state index contributed by atoms with van der Waals surface area (Å²) in [4.78, 5) is 11.9. The first-order valence-corrected chi connectivity index (χ1v) is 13.5. The summed E-state index contributed by atoms with van der Waals surface area (Å²) in [7, 11) is 0. The number of unbranched alkanes of at least 4 members (excludes halogenated alkanes) is 7. The van der Waals surface area contributed by atoms with Crippen molar-refractivity contribution in [3.8, 4) is 0 Å². The lowest BCUT2D eigenvalue weighted by Crippen LogP contribution is -2.45. The van der Waals surface area contributed by atoms with Crippen LogP contribution in [0.15, 0.2) is 0 Å². The van der Waals surface area contributed by atoms with Crippen LogP contribution in [0.4, 0.5) is 0 Å². The van der Waals surface area contributed by atoms with Crippen molar-refractivity contribution in [3.63, 3.8) is 0 Å². The summed E-state index contributed by atoms with van der Waals surface area (Å²) in [6.45, 7) is -0.312. The zero-order valence-corrected chi connectivity index (χ0v) is 22.3. The largest absolute Gasteiger partial charge is 0.394 e. The Kier molecular flexibility index (Phi) is 24.7. The fourth-order valence-corrected chi connectivity index (χ4v) is 3.51. The van der Waals surface area contributed by atoms with Gasteiger partial charge in [-0.1, -0.05) is 51.9 Å². The van der Waals surface area contributed by atoms with Crippen LogP contribution in [0.1, 0.15) is 71.1 Å². The summed E-state index contributed by atoms with van der Waals surface area (Å²) in [6.07, 6.45) is 4.49. The first-order chi connectivity index (χ1) is 18.0. The molecule has 37 heavy (non-hydrogen) atoms. The SMILES string of the molecule is CCCCCCCCCCC(=O)NCCCOCOC(CO)[C@@H](CO)OC(CO)OC(CO)[C@H](O)CO. The zero-order valence-electron chi connectivity index (χ0n) is 22.3. The molecule has 0 aromatic carbocycles. The van der Waals surface area contributed by atoms with Crippen LogP contribution in [0.2, 0.25) is 0 Å². The van der Waals surface area contributed by atoms with Gasteiger partial charge in [-0.15, -0.1) is 0 Å². The third-order valence-electron chi connectivity index (χ3n) is 5.78. The molecule has 0 aliphatic carbocycles. The molecule has 0 spiro atoms. The van der Waals surface area contributed by atoms with Gasteiger partial charge in [0.1, 0.15) is 31.2 Å². The molecule has 0 aromatic heterocycles. The van der Waals surface area contributed by atoms with E-state index in [2.05, 4.69) is 12.2 Å². The molecule has 7 N–H and O–H groups in total. The molecular weight excluding hydrogens is 490 g/mol. The predicted octanol–water partition coefficient (Wildman–Crippen LogP) is -0.198. The highest BCUT2D eigenvalue weighted by atomic mass is 16.7. The summed E-state index contributed by atoms with van der Waals surface area (Å²) in [5, 5.41) is 59.4. The number of rotatable bonds is 27. The first-order valence-electron chi connectivity index (χ1n) is 13.5. The van der Waals surface area contributed by atoms with Crippen molar-refractivity contribution >= 4 is 5.91 Å². The van der Waals surface area contributed by atoms with Crippen LogP contribution in [0.3, 0.4) is 0 Å². The van der Waals surface area contributed by atoms with Crippen LogP contribution in [-0.2, 0) is 23.7 Å². The van der Waals surface area contributed by atoms with Gasteiger partial charge in [0.15, 0.2) is 6.29 Å². The van der Waals surface area contributed by atoms with Gasteiger partial charge < -0.3 is 54.9 Å². The fraction of sp³-hybridized carbons (Fsp3) is 0.960.